The van der Waals surface area contributed by atoms with Crippen molar-refractivity contribution in [2.45, 2.75) is 19.5 Å². The van der Waals surface area contributed by atoms with E-state index in [0.29, 0.717) is 13.1 Å². The number of halogens is 1. The minimum absolute atomic E-state index is 0.201. The van der Waals surface area contributed by atoms with Crippen LogP contribution in [0.15, 0.2) is 36.1 Å². The molecule has 0 spiro atoms. The van der Waals surface area contributed by atoms with E-state index in [1.165, 1.54) is 7.11 Å². The Bertz CT molecular complexity index is 354. The molecule has 1 aliphatic rings. The lowest BCUT2D eigenvalue weighted by Gasteiger charge is -2.37. The van der Waals surface area contributed by atoms with Crippen LogP contribution in [-0.2, 0) is 9.53 Å². The van der Waals surface area contributed by atoms with Crippen molar-refractivity contribution in [1.29, 1.82) is 0 Å². The van der Waals surface area contributed by atoms with Gasteiger partial charge in [0.25, 0.3) is 0 Å². The molecule has 0 aromatic rings. The van der Waals surface area contributed by atoms with Gasteiger partial charge in [-0.1, -0.05) is 18.7 Å². The van der Waals surface area contributed by atoms with Crippen molar-refractivity contribution in [1.82, 2.24) is 4.90 Å². The van der Waals surface area contributed by atoms with Gasteiger partial charge in [-0.05, 0) is 18.6 Å². The molecule has 0 unspecified atom stereocenters. The van der Waals surface area contributed by atoms with E-state index in [2.05, 4.69) is 11.3 Å². The van der Waals surface area contributed by atoms with Crippen LogP contribution in [-0.4, -0.2) is 37.2 Å². The Morgan fingerprint density at radius 1 is 1.59 bits per heavy atom. The first-order valence-electron chi connectivity index (χ1n) is 5.52. The monoisotopic (exact) mass is 239 g/mol. The highest BCUT2D eigenvalue weighted by molar-refractivity contribution is 5.73. The number of carbonyl (C=O) groups is 1. The number of allylic oxidation sites excluding steroid dienone is 4. The highest BCUT2D eigenvalue weighted by Crippen LogP contribution is 2.19. The standard InChI is InChI=1S/C13H18FNO2/c1-4-5-11(7-13(16)17-3)6-10(2)15-8-12(14)9-15/h4-6,12H,1,7-9H2,2-3H3. The Morgan fingerprint density at radius 3 is 2.71 bits per heavy atom. The van der Waals surface area contributed by atoms with Crippen LogP contribution >= 0.6 is 0 Å². The van der Waals surface area contributed by atoms with Crippen LogP contribution in [0, 0.1) is 0 Å². The maximum atomic E-state index is 12.7. The van der Waals surface area contributed by atoms with Crippen molar-refractivity contribution in [2.24, 2.45) is 0 Å². The molecular weight excluding hydrogens is 221 g/mol. The van der Waals surface area contributed by atoms with E-state index in [4.69, 9.17) is 0 Å². The zero-order valence-electron chi connectivity index (χ0n) is 10.3. The summed E-state index contributed by atoms with van der Waals surface area (Å²) in [4.78, 5) is 13.1. The molecule has 1 heterocycles. The molecule has 1 rings (SSSR count). The van der Waals surface area contributed by atoms with Crippen molar-refractivity contribution in [3.8, 4) is 0 Å². The first-order valence-corrected chi connectivity index (χ1v) is 5.52. The topological polar surface area (TPSA) is 29.5 Å². The maximum Gasteiger partial charge on any atom is 0.309 e. The SMILES string of the molecule is C=CC=C(C=C(C)N1CC(F)C1)CC(=O)OC. The van der Waals surface area contributed by atoms with Gasteiger partial charge in [0, 0.05) is 5.70 Å². The Balaban J connectivity index is 2.65. The predicted molar refractivity (Wildman–Crippen MR) is 65.1 cm³/mol. The van der Waals surface area contributed by atoms with Gasteiger partial charge in [0.05, 0.1) is 26.6 Å². The molecule has 0 aromatic heterocycles. The summed E-state index contributed by atoms with van der Waals surface area (Å²) in [5.41, 5.74) is 1.77. The van der Waals surface area contributed by atoms with E-state index in [-0.39, 0.29) is 12.4 Å². The lowest BCUT2D eigenvalue weighted by atomic mass is 10.1. The number of hydrogen-bond acceptors (Lipinski definition) is 3. The fraction of sp³-hybridized carbons (Fsp3) is 0.462. The van der Waals surface area contributed by atoms with Gasteiger partial charge < -0.3 is 9.64 Å². The number of ether oxygens (including phenoxy) is 1. The van der Waals surface area contributed by atoms with Gasteiger partial charge in [-0.15, -0.1) is 0 Å². The molecule has 0 amide bonds. The Hall–Kier alpha value is -1.58. The van der Waals surface area contributed by atoms with Crippen molar-refractivity contribution in [2.75, 3.05) is 20.2 Å². The Labute approximate surface area is 101 Å². The zero-order chi connectivity index (χ0) is 12.8. The molecule has 0 aliphatic carbocycles. The second-order valence-electron chi connectivity index (χ2n) is 4.02. The highest BCUT2D eigenvalue weighted by atomic mass is 19.1. The summed E-state index contributed by atoms with van der Waals surface area (Å²) in [6.45, 7) is 6.37. The normalized spacial score (nSPS) is 17.7. The van der Waals surface area contributed by atoms with Crippen molar-refractivity contribution in [3.05, 3.63) is 36.1 Å². The fourth-order valence-electron chi connectivity index (χ4n) is 1.62. The largest absolute Gasteiger partial charge is 0.469 e. The van der Waals surface area contributed by atoms with Crippen LogP contribution in [0.2, 0.25) is 0 Å². The van der Waals surface area contributed by atoms with E-state index < -0.39 is 6.17 Å². The summed E-state index contributed by atoms with van der Waals surface area (Å²) in [7, 11) is 1.35. The number of methoxy groups -OCH3 is 1. The average molecular weight is 239 g/mol. The van der Waals surface area contributed by atoms with Crippen molar-refractivity contribution < 1.29 is 13.9 Å². The van der Waals surface area contributed by atoms with Crippen molar-refractivity contribution >= 4 is 5.97 Å². The van der Waals surface area contributed by atoms with Gasteiger partial charge in [0.15, 0.2) is 0 Å². The molecule has 0 atom stereocenters. The second kappa shape index (κ2) is 6.23. The molecule has 1 saturated heterocycles. The van der Waals surface area contributed by atoms with E-state index in [9.17, 15) is 9.18 Å². The average Bonchev–Trinajstić information content (AvgIpc) is 2.24. The summed E-state index contributed by atoms with van der Waals surface area (Å²) in [5.74, 6) is -0.297. The number of esters is 1. The molecule has 1 aliphatic heterocycles. The fourth-order valence-corrected chi connectivity index (χ4v) is 1.62. The van der Waals surface area contributed by atoms with Gasteiger partial charge in [0.2, 0.25) is 0 Å². The Morgan fingerprint density at radius 2 is 2.24 bits per heavy atom. The molecule has 0 saturated carbocycles. The molecule has 0 radical (unpaired) electrons. The zero-order valence-corrected chi connectivity index (χ0v) is 10.3. The van der Waals surface area contributed by atoms with E-state index in [1.807, 2.05) is 17.9 Å². The molecular formula is C13H18FNO2. The second-order valence-corrected chi connectivity index (χ2v) is 4.02. The quantitative estimate of drug-likeness (QED) is 0.544. The van der Waals surface area contributed by atoms with Gasteiger partial charge in [0.1, 0.15) is 6.17 Å². The number of hydrogen-bond donors (Lipinski definition) is 0. The molecule has 4 heteroatoms. The van der Waals surface area contributed by atoms with Crippen LogP contribution in [0.1, 0.15) is 13.3 Å². The summed E-state index contributed by atoms with van der Waals surface area (Å²) in [6, 6.07) is 0. The molecule has 94 valence electrons. The first-order chi connectivity index (χ1) is 8.06. The third-order valence-corrected chi connectivity index (χ3v) is 2.64. The summed E-state index contributed by atoms with van der Waals surface area (Å²) in [6.07, 6.45) is 4.71. The van der Waals surface area contributed by atoms with Crippen LogP contribution in [0.3, 0.4) is 0 Å². The van der Waals surface area contributed by atoms with Crippen LogP contribution in [0.5, 0.6) is 0 Å². The van der Waals surface area contributed by atoms with Gasteiger partial charge >= 0.3 is 5.97 Å². The predicted octanol–water partition coefficient (Wildman–Crippen LogP) is 2.22. The first kappa shape index (κ1) is 13.5. The number of likely N-dealkylation sites (tertiary alicyclic amines) is 1. The highest BCUT2D eigenvalue weighted by Gasteiger charge is 2.26. The van der Waals surface area contributed by atoms with Crippen molar-refractivity contribution in [3.63, 3.8) is 0 Å². The molecule has 0 aromatic carbocycles. The van der Waals surface area contributed by atoms with Gasteiger partial charge in [-0.3, -0.25) is 4.79 Å². The molecule has 0 bridgehead atoms. The lowest BCUT2D eigenvalue weighted by Crippen LogP contribution is -2.46. The lowest BCUT2D eigenvalue weighted by molar-refractivity contribution is -0.139. The number of carbonyl (C=O) groups excluding carboxylic acids is 1. The van der Waals surface area contributed by atoms with Crippen LogP contribution < -0.4 is 0 Å². The molecule has 0 N–H and O–H groups in total. The number of rotatable bonds is 5. The van der Waals surface area contributed by atoms with Crippen LogP contribution in [0.25, 0.3) is 0 Å². The Kier molecular flexibility index (Phi) is 4.94. The van der Waals surface area contributed by atoms with Gasteiger partial charge in [-0.2, -0.15) is 0 Å². The summed E-state index contributed by atoms with van der Waals surface area (Å²) in [5, 5.41) is 0. The summed E-state index contributed by atoms with van der Waals surface area (Å²) >= 11 is 0. The number of alkyl halides is 1. The van der Waals surface area contributed by atoms with Crippen LogP contribution in [0.4, 0.5) is 4.39 Å². The van der Waals surface area contributed by atoms with Gasteiger partial charge in [-0.25, -0.2) is 4.39 Å². The molecule has 3 nitrogen and oxygen atoms in total. The smallest absolute Gasteiger partial charge is 0.309 e. The maximum absolute atomic E-state index is 12.7. The third kappa shape index (κ3) is 4.06. The minimum atomic E-state index is -0.731. The summed E-state index contributed by atoms with van der Waals surface area (Å²) < 4.78 is 17.3. The number of nitrogens with zero attached hydrogens (tertiary/aromatic N) is 1. The van der Waals surface area contributed by atoms with E-state index >= 15 is 0 Å². The van der Waals surface area contributed by atoms with E-state index in [0.717, 1.165) is 11.3 Å². The third-order valence-electron chi connectivity index (χ3n) is 2.64. The molecule has 17 heavy (non-hydrogen) atoms. The minimum Gasteiger partial charge on any atom is -0.469 e. The molecule has 1 fully saturated rings. The van der Waals surface area contributed by atoms with E-state index in [1.54, 1.807) is 12.2 Å².